The van der Waals surface area contributed by atoms with Gasteiger partial charge in [-0.3, -0.25) is 4.79 Å². The van der Waals surface area contributed by atoms with Gasteiger partial charge >= 0.3 is 0 Å². The van der Waals surface area contributed by atoms with E-state index in [-0.39, 0.29) is 5.91 Å². The van der Waals surface area contributed by atoms with Gasteiger partial charge in [-0.15, -0.1) is 0 Å². The van der Waals surface area contributed by atoms with Crippen molar-refractivity contribution in [1.82, 2.24) is 4.57 Å². The van der Waals surface area contributed by atoms with Crippen molar-refractivity contribution < 1.29 is 9.53 Å². The number of benzene rings is 2. The van der Waals surface area contributed by atoms with Crippen LogP contribution in [0.5, 0.6) is 5.75 Å². The summed E-state index contributed by atoms with van der Waals surface area (Å²) in [6.07, 6.45) is 0. The van der Waals surface area contributed by atoms with Crippen LogP contribution in [-0.2, 0) is 6.54 Å². The van der Waals surface area contributed by atoms with E-state index in [1.165, 1.54) is 11.3 Å². The summed E-state index contributed by atoms with van der Waals surface area (Å²) < 4.78 is 8.53. The average molecular weight is 326 g/mol. The van der Waals surface area contributed by atoms with E-state index in [0.717, 1.165) is 28.1 Å². The fourth-order valence-corrected chi connectivity index (χ4v) is 3.71. The van der Waals surface area contributed by atoms with Crippen molar-refractivity contribution in [2.45, 2.75) is 20.4 Å². The molecule has 0 radical (unpaired) electrons. The van der Waals surface area contributed by atoms with Gasteiger partial charge in [0.15, 0.2) is 4.80 Å². The van der Waals surface area contributed by atoms with Crippen LogP contribution in [-0.4, -0.2) is 17.6 Å². The molecule has 0 aliphatic rings. The number of carbonyl (C=O) groups is 1. The minimum Gasteiger partial charge on any atom is -0.495 e. The molecule has 0 N–H and O–H groups in total. The van der Waals surface area contributed by atoms with Crippen molar-refractivity contribution in [1.29, 1.82) is 0 Å². The minimum atomic E-state index is -0.212. The molecule has 0 saturated heterocycles. The predicted octanol–water partition coefficient (Wildman–Crippen LogP) is 3.78. The Hall–Kier alpha value is -2.40. The third-order valence-corrected chi connectivity index (χ3v) is 4.82. The third kappa shape index (κ3) is 2.80. The lowest BCUT2D eigenvalue weighted by Gasteiger charge is -2.05. The van der Waals surface area contributed by atoms with Crippen LogP contribution in [0.4, 0.5) is 0 Å². The van der Waals surface area contributed by atoms with Crippen LogP contribution in [0.3, 0.4) is 0 Å². The first-order valence-corrected chi connectivity index (χ1v) is 8.28. The highest BCUT2D eigenvalue weighted by atomic mass is 32.1. The minimum absolute atomic E-state index is 0.212. The highest BCUT2D eigenvalue weighted by Gasteiger charge is 2.12. The molecule has 4 nitrogen and oxygen atoms in total. The van der Waals surface area contributed by atoms with Crippen LogP contribution in [0.15, 0.2) is 47.5 Å². The SMILES string of the molecule is CCn1c(=NC(=O)c2ccccc2C)sc2cccc(OC)c21. The van der Waals surface area contributed by atoms with Gasteiger partial charge in [-0.25, -0.2) is 0 Å². The van der Waals surface area contributed by atoms with Crippen molar-refractivity contribution in [3.8, 4) is 5.75 Å². The Morgan fingerprint density at radius 2 is 2.00 bits per heavy atom. The average Bonchev–Trinajstić information content (AvgIpc) is 2.92. The number of aromatic nitrogens is 1. The van der Waals surface area contributed by atoms with Crippen LogP contribution >= 0.6 is 11.3 Å². The Labute approximate surface area is 138 Å². The van der Waals surface area contributed by atoms with Gasteiger partial charge in [-0.1, -0.05) is 35.6 Å². The summed E-state index contributed by atoms with van der Waals surface area (Å²) in [4.78, 5) is 17.6. The largest absolute Gasteiger partial charge is 0.495 e. The lowest BCUT2D eigenvalue weighted by Crippen LogP contribution is -2.16. The number of hydrogen-bond acceptors (Lipinski definition) is 3. The summed E-state index contributed by atoms with van der Waals surface area (Å²) in [5.74, 6) is 0.584. The summed E-state index contributed by atoms with van der Waals surface area (Å²) in [5, 5.41) is 0. The Morgan fingerprint density at radius 3 is 2.70 bits per heavy atom. The normalized spacial score (nSPS) is 11.9. The molecule has 118 valence electrons. The Morgan fingerprint density at radius 1 is 1.22 bits per heavy atom. The Balaban J connectivity index is 2.20. The van der Waals surface area contributed by atoms with Gasteiger partial charge < -0.3 is 9.30 Å². The van der Waals surface area contributed by atoms with Gasteiger partial charge in [0.05, 0.1) is 11.8 Å². The smallest absolute Gasteiger partial charge is 0.279 e. The van der Waals surface area contributed by atoms with E-state index in [1.807, 2.05) is 60.9 Å². The zero-order valence-electron chi connectivity index (χ0n) is 13.4. The van der Waals surface area contributed by atoms with Crippen LogP contribution < -0.4 is 9.54 Å². The number of amides is 1. The topological polar surface area (TPSA) is 43.6 Å². The molecule has 2 aromatic carbocycles. The molecule has 0 aliphatic carbocycles. The number of ether oxygens (including phenoxy) is 1. The van der Waals surface area contributed by atoms with E-state index >= 15 is 0 Å². The number of para-hydroxylation sites is 1. The number of aryl methyl sites for hydroxylation is 2. The second-order valence-electron chi connectivity index (χ2n) is 5.17. The maximum atomic E-state index is 12.5. The van der Waals surface area contributed by atoms with E-state index in [1.54, 1.807) is 7.11 Å². The number of rotatable bonds is 3. The maximum absolute atomic E-state index is 12.5. The second-order valence-corrected chi connectivity index (χ2v) is 6.18. The molecule has 1 amide bonds. The molecule has 0 fully saturated rings. The van der Waals surface area contributed by atoms with E-state index in [9.17, 15) is 4.79 Å². The van der Waals surface area contributed by atoms with Gasteiger partial charge in [-0.2, -0.15) is 4.99 Å². The molecule has 1 aromatic heterocycles. The summed E-state index contributed by atoms with van der Waals surface area (Å²) in [6, 6.07) is 13.4. The molecule has 3 rings (SSSR count). The number of hydrogen-bond donors (Lipinski definition) is 0. The first kappa shape index (κ1) is 15.5. The molecular formula is C18H18N2O2S. The molecular weight excluding hydrogens is 308 g/mol. The molecule has 0 atom stereocenters. The van der Waals surface area contributed by atoms with Crippen molar-refractivity contribution in [2.75, 3.05) is 7.11 Å². The van der Waals surface area contributed by atoms with Crippen LogP contribution in [0.1, 0.15) is 22.8 Å². The van der Waals surface area contributed by atoms with Crippen LogP contribution in [0.25, 0.3) is 10.2 Å². The fraction of sp³-hybridized carbons (Fsp3) is 0.222. The van der Waals surface area contributed by atoms with Gasteiger partial charge in [0, 0.05) is 12.1 Å². The Bertz CT molecular complexity index is 938. The summed E-state index contributed by atoms with van der Waals surface area (Å²) >= 11 is 1.50. The van der Waals surface area contributed by atoms with E-state index < -0.39 is 0 Å². The summed E-state index contributed by atoms with van der Waals surface area (Å²) in [5.41, 5.74) is 2.56. The van der Waals surface area contributed by atoms with Crippen molar-refractivity contribution >= 4 is 27.5 Å². The highest BCUT2D eigenvalue weighted by Crippen LogP contribution is 2.27. The zero-order valence-corrected chi connectivity index (χ0v) is 14.2. The molecule has 3 aromatic rings. The van der Waals surface area contributed by atoms with Crippen molar-refractivity contribution in [3.05, 3.63) is 58.4 Å². The van der Waals surface area contributed by atoms with Crippen molar-refractivity contribution in [2.24, 2.45) is 4.99 Å². The van der Waals surface area contributed by atoms with E-state index in [4.69, 9.17) is 4.74 Å². The molecule has 0 saturated carbocycles. The first-order chi connectivity index (χ1) is 11.2. The Kier molecular flexibility index (Phi) is 4.30. The maximum Gasteiger partial charge on any atom is 0.279 e. The molecule has 23 heavy (non-hydrogen) atoms. The molecule has 0 unspecified atom stereocenters. The van der Waals surface area contributed by atoms with Gasteiger partial charge in [0.1, 0.15) is 11.3 Å². The van der Waals surface area contributed by atoms with Gasteiger partial charge in [0.25, 0.3) is 5.91 Å². The van der Waals surface area contributed by atoms with E-state index in [2.05, 4.69) is 4.99 Å². The molecule has 0 aliphatic heterocycles. The molecule has 0 spiro atoms. The molecule has 1 heterocycles. The zero-order chi connectivity index (χ0) is 16.4. The second kappa shape index (κ2) is 6.38. The predicted molar refractivity (Wildman–Crippen MR) is 93.1 cm³/mol. The monoisotopic (exact) mass is 326 g/mol. The lowest BCUT2D eigenvalue weighted by molar-refractivity contribution is 0.0997. The van der Waals surface area contributed by atoms with Crippen LogP contribution in [0, 0.1) is 6.92 Å². The number of nitrogens with zero attached hydrogens (tertiary/aromatic N) is 2. The number of carbonyl (C=O) groups excluding carboxylic acids is 1. The van der Waals surface area contributed by atoms with Crippen molar-refractivity contribution in [3.63, 3.8) is 0 Å². The highest BCUT2D eigenvalue weighted by molar-refractivity contribution is 7.16. The van der Waals surface area contributed by atoms with Gasteiger partial charge in [0.2, 0.25) is 0 Å². The summed E-state index contributed by atoms with van der Waals surface area (Å²) in [7, 11) is 1.65. The lowest BCUT2D eigenvalue weighted by atomic mass is 10.1. The summed E-state index contributed by atoms with van der Waals surface area (Å²) in [6.45, 7) is 4.68. The van der Waals surface area contributed by atoms with E-state index in [0.29, 0.717) is 10.4 Å². The molecule has 5 heteroatoms. The third-order valence-electron chi connectivity index (χ3n) is 3.77. The van der Waals surface area contributed by atoms with Gasteiger partial charge in [-0.05, 0) is 37.6 Å². The first-order valence-electron chi connectivity index (χ1n) is 7.46. The molecule has 0 bridgehead atoms. The standard InChI is InChI=1S/C18H18N2O2S/c1-4-20-16-14(22-3)10-7-11-15(16)23-18(20)19-17(21)13-9-6-5-8-12(13)2/h5-11H,4H2,1-3H3. The number of methoxy groups -OCH3 is 1. The quantitative estimate of drug-likeness (QED) is 0.735. The number of fused-ring (bicyclic) bond motifs is 1. The van der Waals surface area contributed by atoms with Crippen LogP contribution in [0.2, 0.25) is 0 Å². The number of thiazole rings is 1. The fourth-order valence-electron chi connectivity index (χ4n) is 2.60.